The summed E-state index contributed by atoms with van der Waals surface area (Å²) in [6.45, 7) is 7.32. The van der Waals surface area contributed by atoms with Gasteiger partial charge in [-0.25, -0.2) is 5.90 Å². The van der Waals surface area contributed by atoms with E-state index in [0.29, 0.717) is 23.7 Å². The van der Waals surface area contributed by atoms with Crippen molar-refractivity contribution in [3.8, 4) is 0 Å². The second-order valence-corrected chi connectivity index (χ2v) is 5.91. The molecule has 0 spiro atoms. The van der Waals surface area contributed by atoms with Gasteiger partial charge >= 0.3 is 0 Å². The number of hydrogen-bond acceptors (Lipinski definition) is 6. The van der Waals surface area contributed by atoms with Crippen LogP contribution in [-0.4, -0.2) is 16.7 Å². The van der Waals surface area contributed by atoms with Crippen LogP contribution in [0.1, 0.15) is 58.2 Å². The van der Waals surface area contributed by atoms with Crippen LogP contribution in [0.5, 0.6) is 0 Å². The number of nitrogens with two attached hydrogens (primary N) is 1. The summed E-state index contributed by atoms with van der Waals surface area (Å²) in [6.07, 6.45) is 4.00. The minimum Gasteiger partial charge on any atom is -0.367 e. The highest BCUT2D eigenvalue weighted by atomic mass is 16.6. The third kappa shape index (κ3) is 3.13. The average molecular weight is 269 g/mol. The number of nitrogens with zero attached hydrogens (tertiary/aromatic N) is 2. The Morgan fingerprint density at radius 1 is 1.26 bits per heavy atom. The summed E-state index contributed by atoms with van der Waals surface area (Å²) in [5, 5.41) is 4.05. The largest absolute Gasteiger partial charge is 0.367 e. The number of rotatable bonds is 5. The minimum absolute atomic E-state index is 0.126. The van der Waals surface area contributed by atoms with Gasteiger partial charge in [0.1, 0.15) is 12.2 Å². The third-order valence-electron chi connectivity index (χ3n) is 3.91. The van der Waals surface area contributed by atoms with E-state index in [2.05, 4.69) is 28.8 Å². The van der Waals surface area contributed by atoms with Crippen molar-refractivity contribution >= 4 is 0 Å². The fourth-order valence-corrected chi connectivity index (χ4v) is 2.61. The summed E-state index contributed by atoms with van der Waals surface area (Å²) in [4.78, 5) is 8.87. The molecule has 0 saturated heterocycles. The Labute approximate surface area is 113 Å². The van der Waals surface area contributed by atoms with E-state index >= 15 is 0 Å². The molecule has 1 heterocycles. The zero-order valence-electron chi connectivity index (χ0n) is 11.9. The first-order valence-corrected chi connectivity index (χ1v) is 6.80. The molecule has 0 unspecified atom stereocenters. The van der Waals surface area contributed by atoms with E-state index in [9.17, 15) is 0 Å². The number of hydrogen-bond donors (Lipinski definition) is 1. The summed E-state index contributed by atoms with van der Waals surface area (Å²) >= 11 is 0. The highest BCUT2D eigenvalue weighted by molar-refractivity contribution is 5.05. The molecule has 1 aromatic rings. The average Bonchev–Trinajstić information content (AvgIpc) is 2.82. The molecule has 1 aliphatic carbocycles. The maximum Gasteiger partial charge on any atom is 0.254 e. The SMILES string of the molecule is CCOC1(c2noc(CON)n2)CCC(C)(C)CC1. The molecule has 0 amide bonds. The molecule has 6 heteroatoms. The maximum absolute atomic E-state index is 5.98. The molecule has 19 heavy (non-hydrogen) atoms. The van der Waals surface area contributed by atoms with E-state index < -0.39 is 5.60 Å². The molecular weight excluding hydrogens is 246 g/mol. The van der Waals surface area contributed by atoms with Gasteiger partial charge in [-0.2, -0.15) is 4.98 Å². The number of aromatic nitrogens is 2. The number of ether oxygens (including phenoxy) is 1. The summed E-state index contributed by atoms with van der Waals surface area (Å²) < 4.78 is 11.1. The topological polar surface area (TPSA) is 83.4 Å². The molecule has 0 aliphatic heterocycles. The normalized spacial score (nSPS) is 21.5. The lowest BCUT2D eigenvalue weighted by molar-refractivity contribution is -0.0957. The van der Waals surface area contributed by atoms with Crippen molar-refractivity contribution < 1.29 is 14.1 Å². The first-order valence-electron chi connectivity index (χ1n) is 6.80. The van der Waals surface area contributed by atoms with Crippen LogP contribution >= 0.6 is 0 Å². The predicted octanol–water partition coefficient (Wildman–Crippen LogP) is 2.29. The molecular formula is C13H23N3O3. The van der Waals surface area contributed by atoms with Crippen molar-refractivity contribution in [2.75, 3.05) is 6.61 Å². The van der Waals surface area contributed by atoms with Gasteiger partial charge in [0.25, 0.3) is 5.89 Å². The highest BCUT2D eigenvalue weighted by Gasteiger charge is 2.43. The summed E-state index contributed by atoms with van der Waals surface area (Å²) in [5.41, 5.74) is -0.0614. The van der Waals surface area contributed by atoms with E-state index in [-0.39, 0.29) is 6.61 Å². The molecule has 6 nitrogen and oxygen atoms in total. The van der Waals surface area contributed by atoms with Crippen molar-refractivity contribution in [3.63, 3.8) is 0 Å². The molecule has 0 bridgehead atoms. The van der Waals surface area contributed by atoms with Gasteiger partial charge in [0.2, 0.25) is 5.82 Å². The third-order valence-corrected chi connectivity index (χ3v) is 3.91. The molecule has 1 aliphatic rings. The molecule has 2 rings (SSSR count). The first-order chi connectivity index (χ1) is 9.01. The van der Waals surface area contributed by atoms with Gasteiger partial charge in [-0.15, -0.1) is 0 Å². The lowest BCUT2D eigenvalue weighted by Crippen LogP contribution is -2.38. The monoisotopic (exact) mass is 269 g/mol. The zero-order chi connectivity index (χ0) is 13.9. The van der Waals surface area contributed by atoms with Gasteiger partial charge in [-0.1, -0.05) is 19.0 Å². The van der Waals surface area contributed by atoms with Crippen LogP contribution in [0.25, 0.3) is 0 Å². The lowest BCUT2D eigenvalue weighted by atomic mass is 9.70. The molecule has 0 aromatic carbocycles. The Morgan fingerprint density at radius 2 is 1.95 bits per heavy atom. The van der Waals surface area contributed by atoms with Crippen LogP contribution < -0.4 is 5.90 Å². The van der Waals surface area contributed by atoms with E-state index in [1.807, 2.05) is 6.92 Å². The van der Waals surface area contributed by atoms with Crippen LogP contribution in [0.4, 0.5) is 0 Å². The van der Waals surface area contributed by atoms with E-state index in [1.165, 1.54) is 0 Å². The van der Waals surface area contributed by atoms with E-state index in [4.69, 9.17) is 15.2 Å². The quantitative estimate of drug-likeness (QED) is 0.826. The van der Waals surface area contributed by atoms with Crippen LogP contribution in [0.15, 0.2) is 4.52 Å². The second kappa shape index (κ2) is 5.56. The Kier molecular flexibility index (Phi) is 4.23. The van der Waals surface area contributed by atoms with Gasteiger partial charge in [-0.05, 0) is 38.0 Å². The fraction of sp³-hybridized carbons (Fsp3) is 0.846. The van der Waals surface area contributed by atoms with Crippen LogP contribution in [0.3, 0.4) is 0 Å². The first kappa shape index (κ1) is 14.4. The predicted molar refractivity (Wildman–Crippen MR) is 68.8 cm³/mol. The van der Waals surface area contributed by atoms with Gasteiger partial charge in [-0.3, -0.25) is 4.84 Å². The summed E-state index contributed by atoms with van der Waals surface area (Å²) in [7, 11) is 0. The lowest BCUT2D eigenvalue weighted by Gasteiger charge is -2.41. The molecule has 0 atom stereocenters. The van der Waals surface area contributed by atoms with Crippen molar-refractivity contribution in [3.05, 3.63) is 11.7 Å². The zero-order valence-corrected chi connectivity index (χ0v) is 11.9. The van der Waals surface area contributed by atoms with Crippen LogP contribution in [0, 0.1) is 5.41 Å². The van der Waals surface area contributed by atoms with E-state index in [0.717, 1.165) is 25.7 Å². The summed E-state index contributed by atoms with van der Waals surface area (Å²) in [5.74, 6) is 6.03. The van der Waals surface area contributed by atoms with Gasteiger partial charge < -0.3 is 9.26 Å². The van der Waals surface area contributed by atoms with Gasteiger partial charge in [0, 0.05) is 6.61 Å². The van der Waals surface area contributed by atoms with E-state index in [1.54, 1.807) is 0 Å². The van der Waals surface area contributed by atoms with Crippen molar-refractivity contribution in [1.29, 1.82) is 0 Å². The van der Waals surface area contributed by atoms with Crippen molar-refractivity contribution in [2.45, 2.75) is 58.7 Å². The van der Waals surface area contributed by atoms with Crippen molar-refractivity contribution in [2.24, 2.45) is 11.3 Å². The molecule has 1 aromatic heterocycles. The Balaban J connectivity index is 2.19. The highest BCUT2D eigenvalue weighted by Crippen LogP contribution is 2.46. The fourth-order valence-electron chi connectivity index (χ4n) is 2.61. The minimum atomic E-state index is -0.416. The second-order valence-electron chi connectivity index (χ2n) is 5.91. The maximum atomic E-state index is 5.98. The Bertz CT molecular complexity index is 407. The molecule has 0 radical (unpaired) electrons. The Morgan fingerprint density at radius 3 is 2.53 bits per heavy atom. The van der Waals surface area contributed by atoms with Gasteiger partial charge in [0.05, 0.1) is 0 Å². The van der Waals surface area contributed by atoms with Gasteiger partial charge in [0.15, 0.2) is 0 Å². The smallest absolute Gasteiger partial charge is 0.254 e. The molecule has 1 saturated carbocycles. The van der Waals surface area contributed by atoms with Crippen LogP contribution in [-0.2, 0) is 21.8 Å². The van der Waals surface area contributed by atoms with Crippen molar-refractivity contribution in [1.82, 2.24) is 10.1 Å². The standard InChI is InChI=1S/C13H23N3O3/c1-4-17-13(7-5-12(2,3)6-8-13)11-15-10(9-18-14)19-16-11/h4-9,14H2,1-3H3. The molecule has 1 fully saturated rings. The Hall–Kier alpha value is -0.980. The molecule has 2 N–H and O–H groups in total. The molecule has 108 valence electrons. The van der Waals surface area contributed by atoms with Crippen LogP contribution in [0.2, 0.25) is 0 Å². The summed E-state index contributed by atoms with van der Waals surface area (Å²) in [6, 6.07) is 0.